The van der Waals surface area contributed by atoms with Crippen LogP contribution in [0.2, 0.25) is 0 Å². The highest BCUT2D eigenvalue weighted by atomic mass is 16.5. The van der Waals surface area contributed by atoms with Gasteiger partial charge in [-0.1, -0.05) is 25.8 Å². The third-order valence-corrected chi connectivity index (χ3v) is 3.41. The van der Waals surface area contributed by atoms with E-state index in [9.17, 15) is 4.79 Å². The first-order chi connectivity index (χ1) is 7.17. The maximum atomic E-state index is 11.9. The molecule has 1 aliphatic rings. The molecule has 0 aromatic carbocycles. The SMILES string of the molecule is C=CCNC1(C(=O)OC)CCCCC1C. The van der Waals surface area contributed by atoms with Gasteiger partial charge in [0.15, 0.2) is 0 Å². The van der Waals surface area contributed by atoms with Crippen molar-refractivity contribution in [3.8, 4) is 0 Å². The third-order valence-electron chi connectivity index (χ3n) is 3.41. The molecule has 86 valence electrons. The van der Waals surface area contributed by atoms with Gasteiger partial charge in [0, 0.05) is 6.54 Å². The van der Waals surface area contributed by atoms with Gasteiger partial charge in [-0.25, -0.2) is 0 Å². The Bertz CT molecular complexity index is 240. The Kier molecular flexibility index (Phi) is 4.33. The Morgan fingerprint density at radius 2 is 2.40 bits per heavy atom. The maximum absolute atomic E-state index is 11.9. The highest BCUT2D eigenvalue weighted by molar-refractivity contribution is 5.81. The molecule has 1 N–H and O–H groups in total. The highest BCUT2D eigenvalue weighted by Crippen LogP contribution is 2.34. The third kappa shape index (κ3) is 2.40. The molecule has 0 saturated heterocycles. The Balaban J connectivity index is 2.82. The molecule has 2 atom stereocenters. The van der Waals surface area contributed by atoms with Gasteiger partial charge in [-0.2, -0.15) is 0 Å². The zero-order valence-electron chi connectivity index (χ0n) is 9.71. The lowest BCUT2D eigenvalue weighted by Crippen LogP contribution is -2.58. The molecule has 1 aliphatic carbocycles. The fourth-order valence-corrected chi connectivity index (χ4v) is 2.42. The van der Waals surface area contributed by atoms with Gasteiger partial charge in [-0.05, 0) is 18.8 Å². The molecule has 15 heavy (non-hydrogen) atoms. The van der Waals surface area contributed by atoms with Crippen molar-refractivity contribution in [1.82, 2.24) is 5.32 Å². The zero-order chi connectivity index (χ0) is 11.3. The summed E-state index contributed by atoms with van der Waals surface area (Å²) >= 11 is 0. The molecule has 0 heterocycles. The second-order valence-corrected chi connectivity index (χ2v) is 4.28. The Morgan fingerprint density at radius 1 is 1.67 bits per heavy atom. The molecule has 0 spiro atoms. The van der Waals surface area contributed by atoms with Crippen molar-refractivity contribution in [2.75, 3.05) is 13.7 Å². The molecule has 1 saturated carbocycles. The summed E-state index contributed by atoms with van der Waals surface area (Å²) in [6.07, 6.45) is 6.03. The summed E-state index contributed by atoms with van der Waals surface area (Å²) in [5.74, 6) is 0.204. The van der Waals surface area contributed by atoms with E-state index >= 15 is 0 Å². The van der Waals surface area contributed by atoms with Crippen molar-refractivity contribution >= 4 is 5.97 Å². The summed E-state index contributed by atoms with van der Waals surface area (Å²) in [6.45, 7) is 6.44. The van der Waals surface area contributed by atoms with Crippen LogP contribution < -0.4 is 5.32 Å². The average Bonchev–Trinajstić information content (AvgIpc) is 2.27. The number of carbonyl (C=O) groups excluding carboxylic acids is 1. The van der Waals surface area contributed by atoms with Crippen LogP contribution in [0.15, 0.2) is 12.7 Å². The summed E-state index contributed by atoms with van der Waals surface area (Å²) in [7, 11) is 1.46. The minimum absolute atomic E-state index is 0.128. The molecule has 0 aromatic rings. The van der Waals surface area contributed by atoms with E-state index in [0.717, 1.165) is 19.3 Å². The van der Waals surface area contributed by atoms with Crippen molar-refractivity contribution in [1.29, 1.82) is 0 Å². The van der Waals surface area contributed by atoms with Crippen molar-refractivity contribution in [3.05, 3.63) is 12.7 Å². The molecule has 3 nitrogen and oxygen atoms in total. The molecule has 1 fully saturated rings. The minimum atomic E-state index is -0.485. The molecule has 0 radical (unpaired) electrons. The number of nitrogens with one attached hydrogen (secondary N) is 1. The maximum Gasteiger partial charge on any atom is 0.326 e. The van der Waals surface area contributed by atoms with Gasteiger partial charge in [0.1, 0.15) is 5.54 Å². The number of rotatable bonds is 4. The van der Waals surface area contributed by atoms with Crippen molar-refractivity contribution < 1.29 is 9.53 Å². The van der Waals surface area contributed by atoms with E-state index in [4.69, 9.17) is 4.74 Å². The van der Waals surface area contributed by atoms with Crippen molar-refractivity contribution in [3.63, 3.8) is 0 Å². The fourth-order valence-electron chi connectivity index (χ4n) is 2.42. The van der Waals surface area contributed by atoms with E-state index in [1.54, 1.807) is 6.08 Å². The molecule has 2 unspecified atom stereocenters. The van der Waals surface area contributed by atoms with Crippen LogP contribution in [-0.2, 0) is 9.53 Å². The van der Waals surface area contributed by atoms with Gasteiger partial charge >= 0.3 is 5.97 Å². The number of ether oxygens (including phenoxy) is 1. The van der Waals surface area contributed by atoms with Crippen LogP contribution >= 0.6 is 0 Å². The molecule has 0 aromatic heterocycles. The number of methoxy groups -OCH3 is 1. The van der Waals surface area contributed by atoms with Crippen LogP contribution in [0.4, 0.5) is 0 Å². The van der Waals surface area contributed by atoms with Gasteiger partial charge in [0.25, 0.3) is 0 Å². The molecule has 3 heteroatoms. The second kappa shape index (κ2) is 5.31. The fraction of sp³-hybridized carbons (Fsp3) is 0.750. The van der Waals surface area contributed by atoms with Crippen LogP contribution in [0.5, 0.6) is 0 Å². The van der Waals surface area contributed by atoms with Crippen LogP contribution in [0, 0.1) is 5.92 Å². The normalized spacial score (nSPS) is 30.9. The quantitative estimate of drug-likeness (QED) is 0.570. The van der Waals surface area contributed by atoms with Crippen molar-refractivity contribution in [2.45, 2.75) is 38.1 Å². The largest absolute Gasteiger partial charge is 0.468 e. The molecule has 0 bridgehead atoms. The molecule has 1 rings (SSSR count). The first kappa shape index (κ1) is 12.2. The first-order valence-electron chi connectivity index (χ1n) is 5.61. The van der Waals surface area contributed by atoms with Gasteiger partial charge in [0.2, 0.25) is 0 Å². The van der Waals surface area contributed by atoms with Crippen LogP contribution in [0.3, 0.4) is 0 Å². The van der Waals surface area contributed by atoms with Crippen LogP contribution in [-0.4, -0.2) is 25.2 Å². The lowest BCUT2D eigenvalue weighted by atomic mass is 9.73. The van der Waals surface area contributed by atoms with Crippen LogP contribution in [0.25, 0.3) is 0 Å². The molecular formula is C12H21NO2. The number of hydrogen-bond donors (Lipinski definition) is 1. The lowest BCUT2D eigenvalue weighted by molar-refractivity contribution is -0.152. The lowest BCUT2D eigenvalue weighted by Gasteiger charge is -2.40. The zero-order valence-corrected chi connectivity index (χ0v) is 9.71. The number of carbonyl (C=O) groups is 1. The standard InChI is InChI=1S/C12H21NO2/c1-4-9-13-12(11(14)15-3)8-6-5-7-10(12)2/h4,10,13H,1,5-9H2,2-3H3. The summed E-state index contributed by atoms with van der Waals surface area (Å²) in [5, 5.41) is 3.29. The Morgan fingerprint density at radius 3 is 2.93 bits per heavy atom. The molecular weight excluding hydrogens is 190 g/mol. The predicted molar refractivity (Wildman–Crippen MR) is 60.6 cm³/mol. The Hall–Kier alpha value is -0.830. The van der Waals surface area contributed by atoms with Gasteiger partial charge < -0.3 is 4.74 Å². The van der Waals surface area contributed by atoms with Gasteiger partial charge in [-0.15, -0.1) is 6.58 Å². The van der Waals surface area contributed by atoms with E-state index in [-0.39, 0.29) is 5.97 Å². The van der Waals surface area contributed by atoms with E-state index in [0.29, 0.717) is 12.5 Å². The number of hydrogen-bond acceptors (Lipinski definition) is 3. The topological polar surface area (TPSA) is 38.3 Å². The minimum Gasteiger partial charge on any atom is -0.468 e. The first-order valence-corrected chi connectivity index (χ1v) is 5.61. The summed E-state index contributed by atoms with van der Waals surface area (Å²) in [6, 6.07) is 0. The number of esters is 1. The summed E-state index contributed by atoms with van der Waals surface area (Å²) in [4.78, 5) is 11.9. The van der Waals surface area contributed by atoms with E-state index in [1.165, 1.54) is 13.5 Å². The second-order valence-electron chi connectivity index (χ2n) is 4.28. The average molecular weight is 211 g/mol. The van der Waals surface area contributed by atoms with E-state index in [2.05, 4.69) is 18.8 Å². The summed E-state index contributed by atoms with van der Waals surface area (Å²) in [5.41, 5.74) is -0.485. The predicted octanol–water partition coefficient (Wildman–Crippen LogP) is 1.88. The van der Waals surface area contributed by atoms with E-state index in [1.807, 2.05) is 0 Å². The van der Waals surface area contributed by atoms with Gasteiger partial charge in [0.05, 0.1) is 7.11 Å². The smallest absolute Gasteiger partial charge is 0.326 e. The van der Waals surface area contributed by atoms with Crippen LogP contribution in [0.1, 0.15) is 32.6 Å². The van der Waals surface area contributed by atoms with E-state index < -0.39 is 5.54 Å². The monoisotopic (exact) mass is 211 g/mol. The van der Waals surface area contributed by atoms with Crippen molar-refractivity contribution in [2.24, 2.45) is 5.92 Å². The Labute approximate surface area is 91.9 Å². The highest BCUT2D eigenvalue weighted by Gasteiger charge is 2.45. The molecule has 0 amide bonds. The molecule has 0 aliphatic heterocycles. The summed E-state index contributed by atoms with van der Waals surface area (Å²) < 4.78 is 4.92. The van der Waals surface area contributed by atoms with Gasteiger partial charge in [-0.3, -0.25) is 10.1 Å².